The van der Waals surface area contributed by atoms with Crippen molar-refractivity contribution in [1.82, 2.24) is 15.1 Å². The van der Waals surface area contributed by atoms with E-state index in [9.17, 15) is 0 Å². The molecule has 0 saturated carbocycles. The van der Waals surface area contributed by atoms with Crippen LogP contribution in [0.4, 0.5) is 0 Å². The molecule has 0 bridgehead atoms. The summed E-state index contributed by atoms with van der Waals surface area (Å²) in [5.74, 6) is 0.648. The maximum absolute atomic E-state index is 4.69. The lowest BCUT2D eigenvalue weighted by molar-refractivity contribution is 0.346. The molecule has 3 heteroatoms. The molecule has 1 atom stereocenters. The van der Waals surface area contributed by atoms with E-state index < -0.39 is 0 Å². The van der Waals surface area contributed by atoms with Gasteiger partial charge in [-0.2, -0.15) is 5.10 Å². The number of aryl methyl sites for hydroxylation is 1. The lowest BCUT2D eigenvalue weighted by Crippen LogP contribution is -2.24. The SMILES string of the molecule is CNCC(C)Cc1c(C)nn(C(C)(C)C)c1C. The van der Waals surface area contributed by atoms with Crippen LogP contribution < -0.4 is 5.32 Å². The third-order valence-electron chi connectivity index (χ3n) is 3.18. The molecule has 0 amide bonds. The van der Waals surface area contributed by atoms with Gasteiger partial charge in [0, 0.05) is 5.69 Å². The van der Waals surface area contributed by atoms with Gasteiger partial charge in [0.2, 0.25) is 0 Å². The van der Waals surface area contributed by atoms with Crippen molar-refractivity contribution in [2.45, 2.75) is 53.5 Å². The highest BCUT2D eigenvalue weighted by atomic mass is 15.3. The van der Waals surface area contributed by atoms with E-state index in [-0.39, 0.29) is 5.54 Å². The summed E-state index contributed by atoms with van der Waals surface area (Å²) in [6.45, 7) is 14.3. The molecular formula is C14H27N3. The van der Waals surface area contributed by atoms with Crippen LogP contribution in [0.2, 0.25) is 0 Å². The quantitative estimate of drug-likeness (QED) is 0.872. The fourth-order valence-corrected chi connectivity index (χ4v) is 2.39. The summed E-state index contributed by atoms with van der Waals surface area (Å²) >= 11 is 0. The fraction of sp³-hybridized carbons (Fsp3) is 0.786. The van der Waals surface area contributed by atoms with Crippen molar-refractivity contribution in [2.75, 3.05) is 13.6 Å². The van der Waals surface area contributed by atoms with Gasteiger partial charge in [0.05, 0.1) is 11.2 Å². The molecule has 1 unspecified atom stereocenters. The number of hydrogen-bond donors (Lipinski definition) is 1. The maximum atomic E-state index is 4.69. The van der Waals surface area contributed by atoms with E-state index in [1.165, 1.54) is 17.0 Å². The zero-order valence-corrected chi connectivity index (χ0v) is 12.4. The first-order valence-electron chi connectivity index (χ1n) is 6.47. The van der Waals surface area contributed by atoms with Gasteiger partial charge in [0.15, 0.2) is 0 Å². The molecule has 0 aliphatic carbocycles. The van der Waals surface area contributed by atoms with Crippen LogP contribution in [0.3, 0.4) is 0 Å². The molecule has 1 heterocycles. The summed E-state index contributed by atoms with van der Waals surface area (Å²) in [5.41, 5.74) is 3.99. The Labute approximate surface area is 106 Å². The third kappa shape index (κ3) is 3.32. The summed E-state index contributed by atoms with van der Waals surface area (Å²) in [6, 6.07) is 0. The van der Waals surface area contributed by atoms with Crippen LogP contribution in [0.25, 0.3) is 0 Å². The fourth-order valence-electron chi connectivity index (χ4n) is 2.39. The van der Waals surface area contributed by atoms with Gasteiger partial charge in [-0.05, 0) is 66.1 Å². The van der Waals surface area contributed by atoms with Crippen molar-refractivity contribution in [3.63, 3.8) is 0 Å². The molecular weight excluding hydrogens is 210 g/mol. The van der Waals surface area contributed by atoms with Crippen LogP contribution in [0, 0.1) is 19.8 Å². The van der Waals surface area contributed by atoms with Crippen molar-refractivity contribution < 1.29 is 0 Å². The number of rotatable bonds is 4. The number of nitrogens with one attached hydrogen (secondary N) is 1. The Morgan fingerprint density at radius 3 is 2.29 bits per heavy atom. The van der Waals surface area contributed by atoms with Gasteiger partial charge < -0.3 is 5.32 Å². The van der Waals surface area contributed by atoms with Gasteiger partial charge in [-0.1, -0.05) is 6.92 Å². The first kappa shape index (κ1) is 14.2. The maximum Gasteiger partial charge on any atom is 0.0628 e. The van der Waals surface area contributed by atoms with E-state index in [0.29, 0.717) is 5.92 Å². The largest absolute Gasteiger partial charge is 0.319 e. The lowest BCUT2D eigenvalue weighted by Gasteiger charge is -2.21. The van der Waals surface area contributed by atoms with Crippen LogP contribution in [0.1, 0.15) is 44.6 Å². The second-order valence-electron chi connectivity index (χ2n) is 6.10. The summed E-state index contributed by atoms with van der Waals surface area (Å²) in [7, 11) is 2.01. The highest BCUT2D eigenvalue weighted by Crippen LogP contribution is 2.23. The van der Waals surface area contributed by atoms with Gasteiger partial charge >= 0.3 is 0 Å². The van der Waals surface area contributed by atoms with Crippen molar-refractivity contribution in [3.05, 3.63) is 17.0 Å². The molecule has 17 heavy (non-hydrogen) atoms. The van der Waals surface area contributed by atoms with E-state index in [0.717, 1.165) is 13.0 Å². The number of aromatic nitrogens is 2. The second kappa shape index (κ2) is 5.21. The average Bonchev–Trinajstić information content (AvgIpc) is 2.45. The number of nitrogens with zero attached hydrogens (tertiary/aromatic N) is 2. The van der Waals surface area contributed by atoms with E-state index >= 15 is 0 Å². The zero-order chi connectivity index (χ0) is 13.2. The lowest BCUT2D eigenvalue weighted by atomic mass is 9.99. The molecule has 0 fully saturated rings. The smallest absolute Gasteiger partial charge is 0.0628 e. The van der Waals surface area contributed by atoms with E-state index in [4.69, 9.17) is 5.10 Å². The molecule has 0 radical (unpaired) electrons. The minimum Gasteiger partial charge on any atom is -0.319 e. The van der Waals surface area contributed by atoms with Gasteiger partial charge in [-0.3, -0.25) is 4.68 Å². The molecule has 0 saturated heterocycles. The molecule has 1 rings (SSSR count). The first-order valence-corrected chi connectivity index (χ1v) is 6.47. The molecule has 0 aliphatic heterocycles. The molecule has 1 aromatic heterocycles. The van der Waals surface area contributed by atoms with Crippen molar-refractivity contribution in [3.8, 4) is 0 Å². The topological polar surface area (TPSA) is 29.9 Å². The van der Waals surface area contributed by atoms with Gasteiger partial charge in [0.25, 0.3) is 0 Å². The molecule has 0 spiro atoms. The van der Waals surface area contributed by atoms with Gasteiger partial charge in [-0.25, -0.2) is 0 Å². The normalized spacial score (nSPS) is 14.1. The Morgan fingerprint density at radius 2 is 1.88 bits per heavy atom. The van der Waals surface area contributed by atoms with Crippen LogP contribution in [-0.4, -0.2) is 23.4 Å². The Morgan fingerprint density at radius 1 is 1.29 bits per heavy atom. The Hall–Kier alpha value is -0.830. The summed E-state index contributed by atoms with van der Waals surface area (Å²) in [6.07, 6.45) is 1.11. The third-order valence-corrected chi connectivity index (χ3v) is 3.18. The number of hydrogen-bond acceptors (Lipinski definition) is 2. The van der Waals surface area contributed by atoms with E-state index in [1.54, 1.807) is 0 Å². The highest BCUT2D eigenvalue weighted by molar-refractivity contribution is 5.26. The van der Waals surface area contributed by atoms with Crippen molar-refractivity contribution in [2.24, 2.45) is 5.92 Å². The highest BCUT2D eigenvalue weighted by Gasteiger charge is 2.21. The Kier molecular flexibility index (Phi) is 4.36. The molecule has 1 N–H and O–H groups in total. The Balaban J connectivity index is 2.98. The molecule has 3 nitrogen and oxygen atoms in total. The van der Waals surface area contributed by atoms with Crippen molar-refractivity contribution >= 4 is 0 Å². The second-order valence-corrected chi connectivity index (χ2v) is 6.10. The van der Waals surface area contributed by atoms with E-state index in [1.807, 2.05) is 7.05 Å². The molecule has 0 aromatic carbocycles. The van der Waals surface area contributed by atoms with Gasteiger partial charge in [0.1, 0.15) is 0 Å². The first-order chi connectivity index (χ1) is 7.77. The molecule has 1 aromatic rings. The predicted molar refractivity (Wildman–Crippen MR) is 73.5 cm³/mol. The van der Waals surface area contributed by atoms with Crippen LogP contribution >= 0.6 is 0 Å². The molecule has 98 valence electrons. The van der Waals surface area contributed by atoms with Crippen LogP contribution in [-0.2, 0) is 12.0 Å². The van der Waals surface area contributed by atoms with E-state index in [2.05, 4.69) is 51.5 Å². The average molecular weight is 237 g/mol. The zero-order valence-electron chi connectivity index (χ0n) is 12.4. The Bertz CT molecular complexity index is 372. The van der Waals surface area contributed by atoms with Gasteiger partial charge in [-0.15, -0.1) is 0 Å². The van der Waals surface area contributed by atoms with Crippen molar-refractivity contribution in [1.29, 1.82) is 0 Å². The summed E-state index contributed by atoms with van der Waals surface area (Å²) in [5, 5.41) is 7.93. The van der Waals surface area contributed by atoms with Crippen LogP contribution in [0.15, 0.2) is 0 Å². The summed E-state index contributed by atoms with van der Waals surface area (Å²) in [4.78, 5) is 0. The predicted octanol–water partition coefficient (Wildman–Crippen LogP) is 2.65. The minimum atomic E-state index is 0.0688. The minimum absolute atomic E-state index is 0.0688. The summed E-state index contributed by atoms with van der Waals surface area (Å²) < 4.78 is 2.16. The standard InChI is InChI=1S/C14H27N3/c1-10(9-15-7)8-13-11(2)16-17(12(13)3)14(4,5)6/h10,15H,8-9H2,1-7H3. The monoisotopic (exact) mass is 237 g/mol. The molecule has 0 aliphatic rings. The van der Waals surface area contributed by atoms with Crippen LogP contribution in [0.5, 0.6) is 0 Å².